The average Bonchev–Trinajstić information content (AvgIpc) is 2.78. The molecule has 0 aliphatic carbocycles. The van der Waals surface area contributed by atoms with Crippen LogP contribution < -0.4 is 0 Å². The van der Waals surface area contributed by atoms with E-state index in [2.05, 4.69) is 20.8 Å². The van der Waals surface area contributed by atoms with Gasteiger partial charge in [-0.15, -0.1) is 0 Å². The van der Waals surface area contributed by atoms with Crippen molar-refractivity contribution in [3.05, 3.63) is 0 Å². The maximum Gasteiger partial charge on any atom is 0.472 e. The van der Waals surface area contributed by atoms with E-state index in [0.717, 1.165) is 25.7 Å². The van der Waals surface area contributed by atoms with Crippen LogP contribution in [0.3, 0.4) is 0 Å². The van der Waals surface area contributed by atoms with Gasteiger partial charge in [-0.2, -0.15) is 0 Å². The van der Waals surface area contributed by atoms with Gasteiger partial charge in [-0.05, 0) is 32.6 Å². The second-order valence-corrected chi connectivity index (χ2v) is 12.4. The van der Waals surface area contributed by atoms with E-state index in [1.807, 2.05) is 13.8 Å². The molecule has 0 aliphatic heterocycles. The van der Waals surface area contributed by atoms with E-state index in [-0.39, 0.29) is 5.92 Å². The van der Waals surface area contributed by atoms with Crippen molar-refractivity contribution in [2.75, 3.05) is 6.61 Å². The van der Waals surface area contributed by atoms with Crippen LogP contribution in [0.4, 0.5) is 0 Å². The highest BCUT2D eigenvalue weighted by Gasteiger charge is 2.35. The Hall–Kier alpha value is 0.110. The number of rotatable bonds is 26. The summed E-state index contributed by atoms with van der Waals surface area (Å²) in [5.74, 6) is 0.212. The molecular formula is C29H61O4P. The minimum Gasteiger partial charge on any atom is -0.302 e. The first-order chi connectivity index (χ1) is 16.2. The minimum atomic E-state index is -4.00. The van der Waals surface area contributed by atoms with E-state index in [1.165, 1.54) is 109 Å². The summed E-state index contributed by atoms with van der Waals surface area (Å²) in [4.78, 5) is 10.1. The number of phosphoric acid groups is 1. The molecule has 0 amide bonds. The molecule has 206 valence electrons. The highest BCUT2D eigenvalue weighted by molar-refractivity contribution is 7.47. The molecule has 0 aromatic rings. The van der Waals surface area contributed by atoms with E-state index in [0.29, 0.717) is 6.61 Å². The standard InChI is InChI=1S/C29H61O4P/c1-6-8-10-12-13-14-15-16-17-18-19-20-21-22-23-25-27-32-34(30,31)33-29(4,5)28(3)26-24-11-9-7-2/h28H,6-27H2,1-5H3,(H,30,31). The van der Waals surface area contributed by atoms with Crippen LogP contribution in [-0.2, 0) is 13.6 Å². The Morgan fingerprint density at radius 2 is 1.00 bits per heavy atom. The van der Waals surface area contributed by atoms with Gasteiger partial charge >= 0.3 is 7.82 Å². The van der Waals surface area contributed by atoms with Crippen LogP contribution in [0, 0.1) is 5.92 Å². The molecule has 0 aromatic heterocycles. The zero-order valence-corrected chi connectivity index (χ0v) is 24.6. The van der Waals surface area contributed by atoms with E-state index in [1.54, 1.807) is 0 Å². The molecule has 1 N–H and O–H groups in total. The van der Waals surface area contributed by atoms with Gasteiger partial charge in [0.1, 0.15) is 0 Å². The zero-order chi connectivity index (χ0) is 25.5. The normalized spacial score (nSPS) is 14.9. The van der Waals surface area contributed by atoms with Gasteiger partial charge in [0.25, 0.3) is 0 Å². The second-order valence-electron chi connectivity index (χ2n) is 11.1. The fraction of sp³-hybridized carbons (Fsp3) is 1.00. The minimum absolute atomic E-state index is 0.212. The number of hydrogen-bond acceptors (Lipinski definition) is 3. The average molecular weight is 505 g/mol. The van der Waals surface area contributed by atoms with Crippen molar-refractivity contribution in [1.82, 2.24) is 0 Å². The first-order valence-electron chi connectivity index (χ1n) is 14.9. The fourth-order valence-corrected chi connectivity index (χ4v) is 5.66. The molecule has 4 nitrogen and oxygen atoms in total. The van der Waals surface area contributed by atoms with Crippen LogP contribution in [-0.4, -0.2) is 17.1 Å². The van der Waals surface area contributed by atoms with Gasteiger partial charge in [-0.3, -0.25) is 9.05 Å². The molecule has 0 saturated heterocycles. The Morgan fingerprint density at radius 1 is 0.647 bits per heavy atom. The Balaban J connectivity index is 3.61. The molecule has 0 aliphatic rings. The lowest BCUT2D eigenvalue weighted by molar-refractivity contribution is 0.00606. The van der Waals surface area contributed by atoms with Crippen molar-refractivity contribution in [2.45, 2.75) is 175 Å². The fourth-order valence-electron chi connectivity index (χ4n) is 4.47. The predicted molar refractivity (Wildman–Crippen MR) is 148 cm³/mol. The lowest BCUT2D eigenvalue weighted by atomic mass is 9.88. The molecule has 34 heavy (non-hydrogen) atoms. The Bertz CT molecular complexity index is 481. The predicted octanol–water partition coefficient (Wildman–Crippen LogP) is 10.8. The molecule has 0 rings (SSSR count). The van der Waals surface area contributed by atoms with Crippen LogP contribution in [0.25, 0.3) is 0 Å². The second kappa shape index (κ2) is 22.3. The molecule has 0 radical (unpaired) electrons. The van der Waals surface area contributed by atoms with Crippen molar-refractivity contribution in [1.29, 1.82) is 0 Å². The van der Waals surface area contributed by atoms with Crippen LogP contribution >= 0.6 is 7.82 Å². The summed E-state index contributed by atoms with van der Waals surface area (Å²) >= 11 is 0. The molecular weight excluding hydrogens is 443 g/mol. The maximum atomic E-state index is 12.4. The van der Waals surface area contributed by atoms with Gasteiger partial charge in [0.05, 0.1) is 12.2 Å². The summed E-state index contributed by atoms with van der Waals surface area (Å²) in [6.07, 6.45) is 26.8. The lowest BCUT2D eigenvalue weighted by Gasteiger charge is -2.33. The molecule has 0 heterocycles. The summed E-state index contributed by atoms with van der Waals surface area (Å²) in [7, 11) is -4.00. The Morgan fingerprint density at radius 3 is 1.41 bits per heavy atom. The number of hydrogen-bond donors (Lipinski definition) is 1. The van der Waals surface area contributed by atoms with Gasteiger partial charge in [-0.1, -0.05) is 143 Å². The Kier molecular flexibility index (Phi) is 22.4. The number of phosphoric ester groups is 1. The van der Waals surface area contributed by atoms with Crippen molar-refractivity contribution >= 4 is 7.82 Å². The molecule has 0 spiro atoms. The molecule has 0 saturated carbocycles. The molecule has 5 heteroatoms. The zero-order valence-electron chi connectivity index (χ0n) is 23.8. The Labute approximate surface area is 214 Å². The summed E-state index contributed by atoms with van der Waals surface area (Å²) in [5, 5.41) is 0. The summed E-state index contributed by atoms with van der Waals surface area (Å²) in [6, 6.07) is 0. The molecule has 0 fully saturated rings. The third kappa shape index (κ3) is 21.4. The molecule has 0 bridgehead atoms. The van der Waals surface area contributed by atoms with E-state index < -0.39 is 13.4 Å². The maximum absolute atomic E-state index is 12.4. The van der Waals surface area contributed by atoms with Gasteiger partial charge in [0.15, 0.2) is 0 Å². The van der Waals surface area contributed by atoms with Crippen molar-refractivity contribution in [3.8, 4) is 0 Å². The summed E-state index contributed by atoms with van der Waals surface area (Å²) in [5.41, 5.74) is -0.662. The first kappa shape index (κ1) is 34.1. The SMILES string of the molecule is CCCCCCCCCCCCCCCCCCOP(=O)(O)OC(C)(C)C(C)CCCCCC. The van der Waals surface area contributed by atoms with Crippen molar-refractivity contribution < 1.29 is 18.5 Å². The van der Waals surface area contributed by atoms with Crippen molar-refractivity contribution in [3.63, 3.8) is 0 Å². The highest BCUT2D eigenvalue weighted by Crippen LogP contribution is 2.49. The first-order valence-corrected chi connectivity index (χ1v) is 16.4. The third-order valence-electron chi connectivity index (χ3n) is 7.28. The molecule has 0 aromatic carbocycles. The van der Waals surface area contributed by atoms with Crippen LogP contribution in [0.15, 0.2) is 0 Å². The number of unbranched alkanes of at least 4 members (excludes halogenated alkanes) is 18. The third-order valence-corrected chi connectivity index (χ3v) is 8.49. The smallest absolute Gasteiger partial charge is 0.302 e. The van der Waals surface area contributed by atoms with Gasteiger partial charge in [0.2, 0.25) is 0 Å². The van der Waals surface area contributed by atoms with E-state index in [4.69, 9.17) is 9.05 Å². The lowest BCUT2D eigenvalue weighted by Crippen LogP contribution is -2.32. The highest BCUT2D eigenvalue weighted by atomic mass is 31.2. The van der Waals surface area contributed by atoms with Crippen molar-refractivity contribution in [2.24, 2.45) is 5.92 Å². The quantitative estimate of drug-likeness (QED) is 0.0940. The summed E-state index contributed by atoms with van der Waals surface area (Å²) in [6.45, 7) is 10.7. The van der Waals surface area contributed by atoms with Gasteiger partial charge in [-0.25, -0.2) is 4.57 Å². The topological polar surface area (TPSA) is 55.8 Å². The van der Waals surface area contributed by atoms with E-state index in [9.17, 15) is 9.46 Å². The molecule has 2 unspecified atom stereocenters. The monoisotopic (exact) mass is 504 g/mol. The van der Waals surface area contributed by atoms with Crippen LogP contribution in [0.5, 0.6) is 0 Å². The van der Waals surface area contributed by atoms with Gasteiger partial charge in [0, 0.05) is 0 Å². The van der Waals surface area contributed by atoms with Crippen LogP contribution in [0.2, 0.25) is 0 Å². The molecule has 2 atom stereocenters. The van der Waals surface area contributed by atoms with Crippen LogP contribution in [0.1, 0.15) is 169 Å². The van der Waals surface area contributed by atoms with E-state index >= 15 is 0 Å². The largest absolute Gasteiger partial charge is 0.472 e. The van der Waals surface area contributed by atoms with Gasteiger partial charge < -0.3 is 4.89 Å². The summed E-state index contributed by atoms with van der Waals surface area (Å²) < 4.78 is 23.2.